The van der Waals surface area contributed by atoms with Gasteiger partial charge in [-0.15, -0.1) is 0 Å². The molecule has 0 bridgehead atoms. The van der Waals surface area contributed by atoms with Crippen LogP contribution in [-0.2, 0) is 0 Å². The summed E-state index contributed by atoms with van der Waals surface area (Å²) in [5, 5.41) is 13.6. The molecular weight excluding hydrogens is 336 g/mol. The minimum Gasteiger partial charge on any atom is -0.545 e. The van der Waals surface area contributed by atoms with E-state index in [4.69, 9.17) is 0 Å². The van der Waals surface area contributed by atoms with Gasteiger partial charge in [-0.3, -0.25) is 19.3 Å². The van der Waals surface area contributed by atoms with Gasteiger partial charge in [0.25, 0.3) is 17.7 Å². The zero-order chi connectivity index (χ0) is 18.8. The van der Waals surface area contributed by atoms with Crippen molar-refractivity contribution < 1.29 is 24.3 Å². The topological polar surface area (TPSA) is 107 Å². The van der Waals surface area contributed by atoms with Crippen molar-refractivity contribution in [3.63, 3.8) is 0 Å². The molecule has 0 unspecified atom stereocenters. The first-order valence-electron chi connectivity index (χ1n) is 8.06. The summed E-state index contributed by atoms with van der Waals surface area (Å²) in [6.45, 7) is 2.17. The normalized spacial score (nSPS) is 12.9. The quantitative estimate of drug-likeness (QED) is 0.818. The van der Waals surface area contributed by atoms with Crippen LogP contribution in [0, 0.1) is 0 Å². The van der Waals surface area contributed by atoms with E-state index in [0.29, 0.717) is 13.0 Å². The molecule has 0 aliphatic carbocycles. The Morgan fingerprint density at radius 1 is 1.04 bits per heavy atom. The second-order valence-corrected chi connectivity index (χ2v) is 5.81. The van der Waals surface area contributed by atoms with Crippen LogP contribution in [0.5, 0.6) is 0 Å². The summed E-state index contributed by atoms with van der Waals surface area (Å²) in [4.78, 5) is 49.3. The minimum absolute atomic E-state index is 0.0908. The summed E-state index contributed by atoms with van der Waals surface area (Å²) >= 11 is 0. The van der Waals surface area contributed by atoms with Gasteiger partial charge in [0.05, 0.1) is 22.8 Å². The molecule has 0 atom stereocenters. The fourth-order valence-electron chi connectivity index (χ4n) is 2.82. The minimum atomic E-state index is -1.41. The van der Waals surface area contributed by atoms with E-state index in [0.717, 1.165) is 4.90 Å². The number of fused-ring (bicyclic) bond motifs is 1. The molecule has 3 rings (SSSR count). The molecule has 1 heterocycles. The van der Waals surface area contributed by atoms with Crippen LogP contribution in [0.25, 0.3) is 0 Å². The zero-order valence-corrected chi connectivity index (χ0v) is 13.9. The van der Waals surface area contributed by atoms with Gasteiger partial charge in [-0.25, -0.2) is 0 Å². The van der Waals surface area contributed by atoms with Crippen LogP contribution in [0.4, 0.5) is 5.69 Å². The average Bonchev–Trinajstić information content (AvgIpc) is 2.87. The van der Waals surface area contributed by atoms with Crippen molar-refractivity contribution in [3.05, 3.63) is 64.7 Å². The number of nitrogens with one attached hydrogen (secondary N) is 1. The van der Waals surface area contributed by atoms with E-state index >= 15 is 0 Å². The molecule has 1 N–H and O–H groups in total. The lowest BCUT2D eigenvalue weighted by atomic mass is 10.0. The first kappa shape index (κ1) is 17.3. The third kappa shape index (κ3) is 2.95. The molecule has 0 spiro atoms. The Bertz CT molecular complexity index is 935. The predicted molar refractivity (Wildman–Crippen MR) is 90.8 cm³/mol. The number of imide groups is 1. The standard InChI is InChI=1S/C19H16N2O5/c1-2-9-21-17(23)12-8-7-11(10-14(12)18(21)24)16(22)20-15-6-4-3-5-13(15)19(25)26/h3-8,10H,2,9H2,1H3,(H,20,22)(H,25,26)/p-1. The predicted octanol–water partition coefficient (Wildman–Crippen LogP) is 1.31. The van der Waals surface area contributed by atoms with Crippen LogP contribution in [0.3, 0.4) is 0 Å². The number of para-hydroxylation sites is 1. The van der Waals surface area contributed by atoms with E-state index in [1.807, 2.05) is 6.92 Å². The second kappa shape index (κ2) is 6.79. The van der Waals surface area contributed by atoms with Crippen LogP contribution in [0.15, 0.2) is 42.5 Å². The molecule has 0 fully saturated rings. The van der Waals surface area contributed by atoms with Crippen LogP contribution < -0.4 is 10.4 Å². The molecule has 7 heteroatoms. The summed E-state index contributed by atoms with van der Waals surface area (Å²) in [6.07, 6.45) is 0.638. The second-order valence-electron chi connectivity index (χ2n) is 5.81. The van der Waals surface area contributed by atoms with Gasteiger partial charge in [0.2, 0.25) is 0 Å². The van der Waals surface area contributed by atoms with Crippen LogP contribution in [-0.4, -0.2) is 35.1 Å². The number of hydrogen-bond acceptors (Lipinski definition) is 5. The van der Waals surface area contributed by atoms with Gasteiger partial charge in [0.15, 0.2) is 0 Å². The maximum Gasteiger partial charge on any atom is 0.261 e. The van der Waals surface area contributed by atoms with Crippen LogP contribution >= 0.6 is 0 Å². The summed E-state index contributed by atoms with van der Waals surface area (Å²) in [5.74, 6) is -2.81. The highest BCUT2D eigenvalue weighted by molar-refractivity contribution is 6.22. The number of hydrogen-bond donors (Lipinski definition) is 1. The number of carboxylic acids is 1. The highest BCUT2D eigenvalue weighted by atomic mass is 16.4. The summed E-state index contributed by atoms with van der Waals surface area (Å²) in [6, 6.07) is 10.1. The SMILES string of the molecule is CCCN1C(=O)c2ccc(C(=O)Nc3ccccc3C(=O)[O-])cc2C1=O. The third-order valence-corrected chi connectivity index (χ3v) is 4.08. The number of rotatable bonds is 5. The number of benzene rings is 2. The average molecular weight is 351 g/mol. The Kier molecular flexibility index (Phi) is 4.53. The largest absolute Gasteiger partial charge is 0.545 e. The van der Waals surface area contributed by atoms with Gasteiger partial charge < -0.3 is 15.2 Å². The highest BCUT2D eigenvalue weighted by Crippen LogP contribution is 2.25. The number of carbonyl (C=O) groups is 4. The smallest absolute Gasteiger partial charge is 0.261 e. The van der Waals surface area contributed by atoms with Gasteiger partial charge in [0.1, 0.15) is 0 Å². The highest BCUT2D eigenvalue weighted by Gasteiger charge is 2.35. The zero-order valence-electron chi connectivity index (χ0n) is 13.9. The molecule has 26 heavy (non-hydrogen) atoms. The molecule has 3 amide bonds. The molecule has 2 aromatic rings. The van der Waals surface area contributed by atoms with E-state index in [-0.39, 0.29) is 33.8 Å². The molecular formula is C19H15N2O5-. The lowest BCUT2D eigenvalue weighted by Crippen LogP contribution is -2.30. The van der Waals surface area contributed by atoms with Crippen molar-refractivity contribution in [2.45, 2.75) is 13.3 Å². The Balaban J connectivity index is 1.89. The first-order valence-corrected chi connectivity index (χ1v) is 8.06. The summed E-state index contributed by atoms with van der Waals surface area (Å²) in [5.41, 5.74) is 0.520. The monoisotopic (exact) mass is 351 g/mol. The Morgan fingerprint density at radius 3 is 2.42 bits per heavy atom. The lowest BCUT2D eigenvalue weighted by molar-refractivity contribution is -0.254. The van der Waals surface area contributed by atoms with E-state index in [2.05, 4.69) is 5.32 Å². The van der Waals surface area contributed by atoms with Gasteiger partial charge in [-0.2, -0.15) is 0 Å². The number of carboxylic acid groups (broad SMARTS) is 1. The van der Waals surface area contributed by atoms with Crippen molar-refractivity contribution in [3.8, 4) is 0 Å². The molecule has 7 nitrogen and oxygen atoms in total. The van der Waals surface area contributed by atoms with Gasteiger partial charge in [0, 0.05) is 17.7 Å². The summed E-state index contributed by atoms with van der Waals surface area (Å²) < 4.78 is 0. The lowest BCUT2D eigenvalue weighted by Gasteiger charge is -2.12. The molecule has 0 saturated heterocycles. The molecule has 1 aliphatic rings. The molecule has 1 aliphatic heterocycles. The molecule has 2 aromatic carbocycles. The number of anilines is 1. The summed E-state index contributed by atoms with van der Waals surface area (Å²) in [7, 11) is 0. The van der Waals surface area contributed by atoms with E-state index < -0.39 is 17.8 Å². The molecule has 0 radical (unpaired) electrons. The van der Waals surface area contributed by atoms with Crippen molar-refractivity contribution in [1.82, 2.24) is 4.90 Å². The fourth-order valence-corrected chi connectivity index (χ4v) is 2.82. The third-order valence-electron chi connectivity index (χ3n) is 4.08. The molecule has 0 saturated carbocycles. The van der Waals surface area contributed by atoms with E-state index in [1.54, 1.807) is 6.07 Å². The van der Waals surface area contributed by atoms with Gasteiger partial charge >= 0.3 is 0 Å². The van der Waals surface area contributed by atoms with Crippen LogP contribution in [0.2, 0.25) is 0 Å². The maximum atomic E-state index is 12.4. The number of nitrogens with zero attached hydrogens (tertiary/aromatic N) is 1. The first-order chi connectivity index (χ1) is 12.4. The Hall–Kier alpha value is -3.48. The Morgan fingerprint density at radius 2 is 1.73 bits per heavy atom. The molecule has 0 aromatic heterocycles. The van der Waals surface area contributed by atoms with Crippen molar-refractivity contribution in [2.75, 3.05) is 11.9 Å². The van der Waals surface area contributed by atoms with Gasteiger partial charge in [-0.1, -0.05) is 25.1 Å². The van der Waals surface area contributed by atoms with Gasteiger partial charge in [-0.05, 0) is 30.7 Å². The van der Waals surface area contributed by atoms with E-state index in [9.17, 15) is 24.3 Å². The molecule has 132 valence electrons. The number of carbonyl (C=O) groups excluding carboxylic acids is 4. The van der Waals surface area contributed by atoms with Crippen molar-refractivity contribution in [2.24, 2.45) is 0 Å². The number of aromatic carboxylic acids is 1. The number of amides is 3. The van der Waals surface area contributed by atoms with Crippen molar-refractivity contribution in [1.29, 1.82) is 0 Å². The van der Waals surface area contributed by atoms with Crippen LogP contribution in [0.1, 0.15) is 54.8 Å². The van der Waals surface area contributed by atoms with Crippen molar-refractivity contribution >= 4 is 29.4 Å². The fraction of sp³-hybridized carbons (Fsp3) is 0.158. The maximum absolute atomic E-state index is 12.4. The van der Waals surface area contributed by atoms with E-state index in [1.165, 1.54) is 36.4 Å². The Labute approximate surface area is 149 Å².